The third kappa shape index (κ3) is 4.87. The van der Waals surface area contributed by atoms with Gasteiger partial charge in [-0.05, 0) is 38.3 Å². The molecule has 0 aliphatic carbocycles. The van der Waals surface area contributed by atoms with Crippen LogP contribution >= 0.6 is 0 Å². The van der Waals surface area contributed by atoms with Crippen LogP contribution < -0.4 is 0 Å². The summed E-state index contributed by atoms with van der Waals surface area (Å²) in [6, 6.07) is 0. The van der Waals surface area contributed by atoms with Crippen LogP contribution in [0.5, 0.6) is 0 Å². The van der Waals surface area contributed by atoms with Crippen LogP contribution in [0.15, 0.2) is 6.20 Å². The smallest absolute Gasteiger partial charge is 0.0849 e. The van der Waals surface area contributed by atoms with Crippen LogP contribution in [-0.2, 0) is 13.0 Å². The van der Waals surface area contributed by atoms with E-state index in [-0.39, 0.29) is 6.61 Å². The van der Waals surface area contributed by atoms with Gasteiger partial charge in [-0.25, -0.2) is 0 Å². The number of hydrogen-bond acceptors (Lipinski definition) is 4. The molecule has 20 heavy (non-hydrogen) atoms. The topological polar surface area (TPSA) is 54.2 Å². The SMILES string of the molecule is CCCCCN1CCC[C@H](Cn2cc(CCO)nn2)C1. The van der Waals surface area contributed by atoms with Crippen molar-refractivity contribution in [2.75, 3.05) is 26.2 Å². The minimum Gasteiger partial charge on any atom is -0.396 e. The molecule has 114 valence electrons. The monoisotopic (exact) mass is 280 g/mol. The van der Waals surface area contributed by atoms with Gasteiger partial charge in [-0.15, -0.1) is 5.10 Å². The molecule has 2 rings (SSSR count). The van der Waals surface area contributed by atoms with E-state index in [1.54, 1.807) is 0 Å². The number of aliphatic hydroxyl groups excluding tert-OH is 1. The molecule has 0 spiro atoms. The van der Waals surface area contributed by atoms with Crippen LogP contribution in [0.1, 0.15) is 44.7 Å². The Bertz CT molecular complexity index is 380. The Hall–Kier alpha value is -0.940. The summed E-state index contributed by atoms with van der Waals surface area (Å²) < 4.78 is 1.95. The zero-order valence-corrected chi connectivity index (χ0v) is 12.7. The van der Waals surface area contributed by atoms with Crippen molar-refractivity contribution in [3.05, 3.63) is 11.9 Å². The molecule has 2 heterocycles. The van der Waals surface area contributed by atoms with Gasteiger partial charge in [0.25, 0.3) is 0 Å². The molecule has 1 saturated heterocycles. The molecule has 1 N–H and O–H groups in total. The van der Waals surface area contributed by atoms with E-state index in [2.05, 4.69) is 22.1 Å². The summed E-state index contributed by atoms with van der Waals surface area (Å²) in [4.78, 5) is 2.61. The van der Waals surface area contributed by atoms with Crippen molar-refractivity contribution in [2.45, 2.75) is 52.0 Å². The van der Waals surface area contributed by atoms with Gasteiger partial charge in [0, 0.05) is 32.3 Å². The lowest BCUT2D eigenvalue weighted by molar-refractivity contribution is 0.157. The zero-order valence-electron chi connectivity index (χ0n) is 12.7. The van der Waals surface area contributed by atoms with Gasteiger partial charge in [-0.3, -0.25) is 4.68 Å². The van der Waals surface area contributed by atoms with E-state index in [0.717, 1.165) is 12.2 Å². The lowest BCUT2D eigenvalue weighted by atomic mass is 9.98. The van der Waals surface area contributed by atoms with Gasteiger partial charge in [0.2, 0.25) is 0 Å². The Kier molecular flexibility index (Phi) is 6.47. The fourth-order valence-corrected chi connectivity index (χ4v) is 3.01. The molecule has 1 aliphatic heterocycles. The van der Waals surface area contributed by atoms with Gasteiger partial charge < -0.3 is 10.0 Å². The third-order valence-electron chi connectivity index (χ3n) is 4.08. The summed E-state index contributed by atoms with van der Waals surface area (Å²) in [5.74, 6) is 0.689. The van der Waals surface area contributed by atoms with E-state index in [0.29, 0.717) is 12.3 Å². The van der Waals surface area contributed by atoms with Crippen molar-refractivity contribution in [1.82, 2.24) is 19.9 Å². The molecular weight excluding hydrogens is 252 g/mol. The van der Waals surface area contributed by atoms with E-state index in [1.165, 1.54) is 51.7 Å². The van der Waals surface area contributed by atoms with Crippen LogP contribution in [-0.4, -0.2) is 51.2 Å². The number of hydrogen-bond donors (Lipinski definition) is 1. The minimum absolute atomic E-state index is 0.146. The molecule has 0 saturated carbocycles. The highest BCUT2D eigenvalue weighted by atomic mass is 16.3. The Morgan fingerprint density at radius 2 is 2.30 bits per heavy atom. The summed E-state index contributed by atoms with van der Waals surface area (Å²) in [6.07, 6.45) is 9.14. The van der Waals surface area contributed by atoms with Crippen LogP contribution in [0, 0.1) is 5.92 Å². The molecule has 1 aromatic rings. The molecule has 0 unspecified atom stereocenters. The number of unbranched alkanes of at least 4 members (excludes halogenated alkanes) is 2. The average Bonchev–Trinajstić information content (AvgIpc) is 2.87. The van der Waals surface area contributed by atoms with Crippen LogP contribution in [0.2, 0.25) is 0 Å². The third-order valence-corrected chi connectivity index (χ3v) is 4.08. The molecule has 5 heteroatoms. The van der Waals surface area contributed by atoms with Crippen LogP contribution in [0.25, 0.3) is 0 Å². The molecule has 1 fully saturated rings. The first-order valence-electron chi connectivity index (χ1n) is 8.04. The number of nitrogens with zero attached hydrogens (tertiary/aromatic N) is 4. The number of piperidine rings is 1. The highest BCUT2D eigenvalue weighted by molar-refractivity contribution is 4.92. The Morgan fingerprint density at radius 3 is 3.10 bits per heavy atom. The van der Waals surface area contributed by atoms with Crippen molar-refractivity contribution < 1.29 is 5.11 Å². The summed E-state index contributed by atoms with van der Waals surface area (Å²) in [6.45, 7) is 7.06. The Balaban J connectivity index is 1.76. The van der Waals surface area contributed by atoms with Gasteiger partial charge >= 0.3 is 0 Å². The van der Waals surface area contributed by atoms with Gasteiger partial charge in [-0.1, -0.05) is 25.0 Å². The summed E-state index contributed by atoms with van der Waals surface area (Å²) in [5, 5.41) is 17.2. The lowest BCUT2D eigenvalue weighted by Gasteiger charge is -2.32. The molecule has 0 radical (unpaired) electrons. The van der Waals surface area contributed by atoms with Gasteiger partial charge in [0.05, 0.1) is 5.69 Å². The summed E-state index contributed by atoms with van der Waals surface area (Å²) in [5.41, 5.74) is 0.892. The first-order valence-corrected chi connectivity index (χ1v) is 8.04. The maximum atomic E-state index is 8.90. The molecule has 0 bridgehead atoms. The second-order valence-electron chi connectivity index (χ2n) is 5.92. The number of likely N-dealkylation sites (tertiary alicyclic amines) is 1. The number of aromatic nitrogens is 3. The largest absolute Gasteiger partial charge is 0.396 e. The molecule has 5 nitrogen and oxygen atoms in total. The van der Waals surface area contributed by atoms with Crippen molar-refractivity contribution in [2.24, 2.45) is 5.92 Å². The second kappa shape index (κ2) is 8.37. The predicted molar refractivity (Wildman–Crippen MR) is 79.5 cm³/mol. The van der Waals surface area contributed by atoms with E-state index >= 15 is 0 Å². The van der Waals surface area contributed by atoms with Gasteiger partial charge in [0.15, 0.2) is 0 Å². The normalized spacial score (nSPS) is 20.4. The summed E-state index contributed by atoms with van der Waals surface area (Å²) >= 11 is 0. The fraction of sp³-hybridized carbons (Fsp3) is 0.867. The van der Waals surface area contributed by atoms with Gasteiger partial charge in [-0.2, -0.15) is 0 Å². The van der Waals surface area contributed by atoms with E-state index in [4.69, 9.17) is 5.11 Å². The quantitative estimate of drug-likeness (QED) is 0.737. The first-order chi connectivity index (χ1) is 9.81. The number of rotatable bonds is 8. The Morgan fingerprint density at radius 1 is 1.40 bits per heavy atom. The van der Waals surface area contributed by atoms with E-state index < -0.39 is 0 Å². The standard InChI is InChI=1S/C15H28N4O/c1-2-3-4-8-18-9-5-6-14(11-18)12-19-13-15(7-10-20)16-17-19/h13-14,20H,2-12H2,1H3/t14-/m0/s1. The van der Waals surface area contributed by atoms with Crippen molar-refractivity contribution in [3.63, 3.8) is 0 Å². The molecule has 1 atom stereocenters. The van der Waals surface area contributed by atoms with E-state index in [1.807, 2.05) is 10.9 Å². The maximum absolute atomic E-state index is 8.90. The summed E-state index contributed by atoms with van der Waals surface area (Å²) in [7, 11) is 0. The van der Waals surface area contributed by atoms with Crippen LogP contribution in [0.3, 0.4) is 0 Å². The molecule has 0 aromatic carbocycles. The Labute approximate surface area is 122 Å². The first kappa shape index (κ1) is 15.4. The highest BCUT2D eigenvalue weighted by Crippen LogP contribution is 2.18. The zero-order chi connectivity index (χ0) is 14.2. The van der Waals surface area contributed by atoms with Crippen molar-refractivity contribution in [1.29, 1.82) is 0 Å². The molecular formula is C15H28N4O. The predicted octanol–water partition coefficient (Wildman–Crippen LogP) is 1.72. The molecule has 1 aromatic heterocycles. The minimum atomic E-state index is 0.146. The van der Waals surface area contributed by atoms with Crippen molar-refractivity contribution >= 4 is 0 Å². The molecule has 1 aliphatic rings. The fourth-order valence-electron chi connectivity index (χ4n) is 3.01. The average molecular weight is 280 g/mol. The highest BCUT2D eigenvalue weighted by Gasteiger charge is 2.20. The van der Waals surface area contributed by atoms with Crippen LogP contribution in [0.4, 0.5) is 0 Å². The maximum Gasteiger partial charge on any atom is 0.0849 e. The lowest BCUT2D eigenvalue weighted by Crippen LogP contribution is -2.37. The molecule has 0 amide bonds. The van der Waals surface area contributed by atoms with Gasteiger partial charge in [0.1, 0.15) is 0 Å². The van der Waals surface area contributed by atoms with E-state index in [9.17, 15) is 0 Å². The van der Waals surface area contributed by atoms with Crippen molar-refractivity contribution in [3.8, 4) is 0 Å². The second-order valence-corrected chi connectivity index (χ2v) is 5.92. The number of aliphatic hydroxyl groups is 1.